The summed E-state index contributed by atoms with van der Waals surface area (Å²) >= 11 is 0. The number of carboxylic acid groups (broad SMARTS) is 1. The molecular weight excluding hydrogens is 246 g/mol. The Labute approximate surface area is 114 Å². The zero-order chi connectivity index (χ0) is 14.3. The molecule has 110 valence electrons. The number of rotatable bonds is 7. The van der Waals surface area contributed by atoms with Crippen LogP contribution < -0.4 is 5.32 Å². The molecule has 0 aromatic rings. The molecular formula is C14H25NO4. The minimum Gasteiger partial charge on any atom is -0.481 e. The number of nitrogens with one attached hydrogen (secondary N) is 1. The number of amides is 1. The monoisotopic (exact) mass is 271 g/mol. The van der Waals surface area contributed by atoms with Crippen LogP contribution in [0.5, 0.6) is 0 Å². The summed E-state index contributed by atoms with van der Waals surface area (Å²) in [7, 11) is 1.62. The van der Waals surface area contributed by atoms with Crippen molar-refractivity contribution in [3.8, 4) is 0 Å². The summed E-state index contributed by atoms with van der Waals surface area (Å²) in [6.07, 6.45) is 4.20. The van der Waals surface area contributed by atoms with Gasteiger partial charge >= 0.3 is 5.97 Å². The first-order chi connectivity index (χ1) is 9.00. The number of carboxylic acids is 1. The average Bonchev–Trinajstić information content (AvgIpc) is 2.38. The number of ether oxygens (including phenoxy) is 1. The third kappa shape index (κ3) is 4.82. The van der Waals surface area contributed by atoms with Crippen LogP contribution >= 0.6 is 0 Å². The van der Waals surface area contributed by atoms with Gasteiger partial charge in [-0.3, -0.25) is 9.59 Å². The van der Waals surface area contributed by atoms with Gasteiger partial charge in [-0.15, -0.1) is 0 Å². The number of hydrogen-bond donors (Lipinski definition) is 2. The predicted octanol–water partition coefficient (Wildman–Crippen LogP) is 1.81. The largest absolute Gasteiger partial charge is 0.481 e. The Bertz CT molecular complexity index is 311. The quantitative estimate of drug-likeness (QED) is 0.740. The molecule has 19 heavy (non-hydrogen) atoms. The molecule has 1 amide bonds. The first-order valence-corrected chi connectivity index (χ1v) is 6.99. The topological polar surface area (TPSA) is 75.6 Å². The second-order valence-corrected chi connectivity index (χ2v) is 5.69. The van der Waals surface area contributed by atoms with Crippen LogP contribution in [-0.4, -0.2) is 37.2 Å². The molecule has 5 nitrogen and oxygen atoms in total. The van der Waals surface area contributed by atoms with Gasteiger partial charge in [0, 0.05) is 20.1 Å². The predicted molar refractivity (Wildman–Crippen MR) is 71.8 cm³/mol. The fourth-order valence-corrected chi connectivity index (χ4v) is 2.70. The first kappa shape index (κ1) is 16.0. The van der Waals surface area contributed by atoms with Crippen LogP contribution in [0.1, 0.15) is 45.4 Å². The van der Waals surface area contributed by atoms with Crippen LogP contribution in [0.25, 0.3) is 0 Å². The molecule has 0 aromatic heterocycles. The van der Waals surface area contributed by atoms with E-state index < -0.39 is 11.4 Å². The highest BCUT2D eigenvalue weighted by molar-refractivity contribution is 5.85. The summed E-state index contributed by atoms with van der Waals surface area (Å²) in [4.78, 5) is 23.4. The van der Waals surface area contributed by atoms with Gasteiger partial charge in [0.1, 0.15) is 0 Å². The van der Waals surface area contributed by atoms with Crippen molar-refractivity contribution in [3.05, 3.63) is 0 Å². The van der Waals surface area contributed by atoms with Crippen LogP contribution in [0.2, 0.25) is 0 Å². The first-order valence-electron chi connectivity index (χ1n) is 6.99. The van der Waals surface area contributed by atoms with Gasteiger partial charge in [-0.05, 0) is 18.8 Å². The van der Waals surface area contributed by atoms with Crippen molar-refractivity contribution in [2.75, 3.05) is 20.3 Å². The van der Waals surface area contributed by atoms with Crippen LogP contribution in [0, 0.1) is 11.3 Å². The molecule has 1 aliphatic rings. The van der Waals surface area contributed by atoms with Crippen LogP contribution in [0.4, 0.5) is 0 Å². The molecule has 1 atom stereocenters. The van der Waals surface area contributed by atoms with Crippen LogP contribution in [0.15, 0.2) is 0 Å². The molecule has 0 aromatic carbocycles. The number of carbonyl (C=O) groups excluding carboxylic acids is 1. The normalized spacial score (nSPS) is 19.7. The molecule has 0 heterocycles. The second-order valence-electron chi connectivity index (χ2n) is 5.69. The van der Waals surface area contributed by atoms with E-state index in [4.69, 9.17) is 4.74 Å². The van der Waals surface area contributed by atoms with Gasteiger partial charge in [0.25, 0.3) is 0 Å². The molecule has 0 saturated heterocycles. The van der Waals surface area contributed by atoms with Crippen molar-refractivity contribution in [3.63, 3.8) is 0 Å². The molecule has 0 radical (unpaired) electrons. The third-order valence-corrected chi connectivity index (χ3v) is 3.86. The lowest BCUT2D eigenvalue weighted by atomic mass is 9.71. The van der Waals surface area contributed by atoms with E-state index in [0.29, 0.717) is 26.0 Å². The molecule has 1 aliphatic carbocycles. The van der Waals surface area contributed by atoms with Crippen molar-refractivity contribution in [1.82, 2.24) is 5.32 Å². The minimum absolute atomic E-state index is 0.0992. The number of aliphatic carboxylic acids is 1. The third-order valence-electron chi connectivity index (χ3n) is 3.86. The maximum absolute atomic E-state index is 11.9. The Morgan fingerprint density at radius 3 is 2.47 bits per heavy atom. The van der Waals surface area contributed by atoms with E-state index in [0.717, 1.165) is 19.3 Å². The van der Waals surface area contributed by atoms with Crippen molar-refractivity contribution in [2.24, 2.45) is 11.3 Å². The Kier molecular flexibility index (Phi) is 6.28. The SMILES string of the molecule is COCC(C)CNC(=O)CC1(C(=O)O)CCCCC1. The van der Waals surface area contributed by atoms with E-state index in [-0.39, 0.29) is 18.2 Å². The highest BCUT2D eigenvalue weighted by Crippen LogP contribution is 2.39. The molecule has 1 rings (SSSR count). The number of hydrogen-bond acceptors (Lipinski definition) is 3. The van der Waals surface area contributed by atoms with Crippen molar-refractivity contribution in [2.45, 2.75) is 45.4 Å². The van der Waals surface area contributed by atoms with E-state index in [9.17, 15) is 14.7 Å². The van der Waals surface area contributed by atoms with Crippen molar-refractivity contribution < 1.29 is 19.4 Å². The Morgan fingerprint density at radius 2 is 1.95 bits per heavy atom. The molecule has 5 heteroatoms. The Morgan fingerprint density at radius 1 is 1.32 bits per heavy atom. The molecule has 1 saturated carbocycles. The van der Waals surface area contributed by atoms with E-state index in [2.05, 4.69) is 5.32 Å². The fourth-order valence-electron chi connectivity index (χ4n) is 2.70. The molecule has 0 bridgehead atoms. The maximum atomic E-state index is 11.9. The maximum Gasteiger partial charge on any atom is 0.310 e. The molecule has 1 fully saturated rings. The lowest BCUT2D eigenvalue weighted by Gasteiger charge is -2.32. The highest BCUT2D eigenvalue weighted by Gasteiger charge is 2.41. The summed E-state index contributed by atoms with van der Waals surface area (Å²) in [6.45, 7) is 3.10. The van der Waals surface area contributed by atoms with E-state index in [1.54, 1.807) is 7.11 Å². The smallest absolute Gasteiger partial charge is 0.310 e. The lowest BCUT2D eigenvalue weighted by molar-refractivity contribution is -0.154. The summed E-state index contributed by atoms with van der Waals surface area (Å²) in [5, 5.41) is 12.2. The van der Waals surface area contributed by atoms with Gasteiger partial charge in [-0.1, -0.05) is 26.2 Å². The highest BCUT2D eigenvalue weighted by atomic mass is 16.5. The van der Waals surface area contributed by atoms with E-state index in [1.807, 2.05) is 6.92 Å². The van der Waals surface area contributed by atoms with Crippen molar-refractivity contribution >= 4 is 11.9 Å². The standard InChI is InChI=1S/C14H25NO4/c1-11(10-19-2)9-15-12(16)8-14(13(17)18)6-4-3-5-7-14/h11H,3-10H2,1-2H3,(H,15,16)(H,17,18). The van der Waals surface area contributed by atoms with Gasteiger partial charge in [-0.25, -0.2) is 0 Å². The van der Waals surface area contributed by atoms with Gasteiger partial charge in [0.05, 0.1) is 12.0 Å². The lowest BCUT2D eigenvalue weighted by Crippen LogP contribution is -2.40. The zero-order valence-corrected chi connectivity index (χ0v) is 11.9. The molecule has 2 N–H and O–H groups in total. The number of carbonyl (C=O) groups is 2. The van der Waals surface area contributed by atoms with E-state index >= 15 is 0 Å². The Balaban J connectivity index is 2.46. The molecule has 0 spiro atoms. The fraction of sp³-hybridized carbons (Fsp3) is 0.857. The van der Waals surface area contributed by atoms with Crippen molar-refractivity contribution in [1.29, 1.82) is 0 Å². The summed E-state index contributed by atoms with van der Waals surface area (Å²) < 4.78 is 5.00. The summed E-state index contributed by atoms with van der Waals surface area (Å²) in [5.41, 5.74) is -0.840. The zero-order valence-electron chi connectivity index (χ0n) is 11.9. The second kappa shape index (κ2) is 7.48. The molecule has 1 unspecified atom stereocenters. The molecule has 0 aliphatic heterocycles. The Hall–Kier alpha value is -1.10. The summed E-state index contributed by atoms with van der Waals surface area (Å²) in [5.74, 6) is -0.749. The van der Waals surface area contributed by atoms with E-state index in [1.165, 1.54) is 0 Å². The van der Waals surface area contributed by atoms with Gasteiger partial charge < -0.3 is 15.2 Å². The van der Waals surface area contributed by atoms with Crippen LogP contribution in [0.3, 0.4) is 0 Å². The van der Waals surface area contributed by atoms with Gasteiger partial charge in [0.2, 0.25) is 5.91 Å². The minimum atomic E-state index is -0.840. The van der Waals surface area contributed by atoms with Gasteiger partial charge in [0.15, 0.2) is 0 Å². The summed E-state index contributed by atoms with van der Waals surface area (Å²) in [6, 6.07) is 0. The number of methoxy groups -OCH3 is 1. The van der Waals surface area contributed by atoms with Crippen LogP contribution in [-0.2, 0) is 14.3 Å². The average molecular weight is 271 g/mol. The van der Waals surface area contributed by atoms with Gasteiger partial charge in [-0.2, -0.15) is 0 Å².